The van der Waals surface area contributed by atoms with Crippen molar-refractivity contribution < 1.29 is 33.3 Å². The Labute approximate surface area is 138 Å². The third kappa shape index (κ3) is 3.23. The molecule has 0 atom stereocenters. The van der Waals surface area contributed by atoms with Crippen molar-refractivity contribution >= 4 is 23.9 Å². The van der Waals surface area contributed by atoms with Gasteiger partial charge >= 0.3 is 11.9 Å². The maximum atomic E-state index is 12.2. The van der Waals surface area contributed by atoms with Gasteiger partial charge in [-0.05, 0) is 18.2 Å². The van der Waals surface area contributed by atoms with Crippen molar-refractivity contribution in [3.63, 3.8) is 0 Å². The van der Waals surface area contributed by atoms with Crippen LogP contribution in [0.25, 0.3) is 0 Å². The number of ether oxygens (including phenoxy) is 4. The number of carbonyl (C=O) groups excluding carboxylic acids is 3. The van der Waals surface area contributed by atoms with Crippen LogP contribution in [0.4, 0.5) is 5.69 Å². The van der Waals surface area contributed by atoms with Crippen LogP contribution in [0.1, 0.15) is 10.4 Å². The zero-order valence-corrected chi connectivity index (χ0v) is 13.5. The summed E-state index contributed by atoms with van der Waals surface area (Å²) in [4.78, 5) is 36.7. The van der Waals surface area contributed by atoms with Gasteiger partial charge in [0.05, 0.1) is 39.2 Å². The molecule has 0 aliphatic carbocycles. The minimum Gasteiger partial charge on any atom is -0.495 e. The molecule has 0 bridgehead atoms. The van der Waals surface area contributed by atoms with Gasteiger partial charge in [0.2, 0.25) is 0 Å². The van der Waals surface area contributed by atoms with Crippen molar-refractivity contribution in [2.75, 3.05) is 39.6 Å². The van der Waals surface area contributed by atoms with Gasteiger partial charge in [-0.3, -0.25) is 4.79 Å². The second-order valence-electron chi connectivity index (χ2n) is 4.77. The first-order valence-corrected chi connectivity index (χ1v) is 6.95. The average molecular weight is 335 g/mol. The smallest absolute Gasteiger partial charge is 0.355 e. The van der Waals surface area contributed by atoms with E-state index in [0.29, 0.717) is 23.3 Å². The molecule has 1 heterocycles. The van der Waals surface area contributed by atoms with E-state index in [2.05, 4.69) is 0 Å². The molecule has 1 aliphatic heterocycles. The Hall–Kier alpha value is -2.87. The van der Waals surface area contributed by atoms with Gasteiger partial charge in [-0.1, -0.05) is 0 Å². The summed E-state index contributed by atoms with van der Waals surface area (Å²) >= 11 is 0. The number of carbonyl (C=O) groups is 3. The summed E-state index contributed by atoms with van der Waals surface area (Å²) in [6, 6.07) is 4.68. The molecule has 2 rings (SSSR count). The van der Waals surface area contributed by atoms with E-state index in [1.165, 1.54) is 32.3 Å². The molecule has 1 aromatic rings. The summed E-state index contributed by atoms with van der Waals surface area (Å²) in [6.07, 6.45) is 0.663. The second kappa shape index (κ2) is 7.60. The molecule has 0 radical (unpaired) electrons. The first-order valence-electron chi connectivity index (χ1n) is 6.95. The van der Waals surface area contributed by atoms with Crippen molar-refractivity contribution in [1.82, 2.24) is 0 Å². The maximum absolute atomic E-state index is 12.2. The molecule has 128 valence electrons. The second-order valence-corrected chi connectivity index (χ2v) is 4.77. The van der Waals surface area contributed by atoms with Gasteiger partial charge in [-0.25, -0.2) is 9.59 Å². The molecule has 0 N–H and O–H groups in total. The zero-order chi connectivity index (χ0) is 17.7. The van der Waals surface area contributed by atoms with Crippen LogP contribution in [-0.2, 0) is 23.8 Å². The lowest BCUT2D eigenvalue weighted by Gasteiger charge is -2.32. The highest BCUT2D eigenvalue weighted by molar-refractivity contribution is 6.03. The molecule has 1 aromatic carbocycles. The van der Waals surface area contributed by atoms with Gasteiger partial charge in [0, 0.05) is 5.56 Å². The highest BCUT2D eigenvalue weighted by Crippen LogP contribution is 2.34. The number of anilines is 1. The number of hydrogen-bond acceptors (Lipinski definition) is 8. The van der Waals surface area contributed by atoms with Crippen LogP contribution in [0, 0.1) is 0 Å². The molecule has 24 heavy (non-hydrogen) atoms. The topological polar surface area (TPSA) is 91.4 Å². The summed E-state index contributed by atoms with van der Waals surface area (Å²) in [5, 5.41) is 0. The molecule has 0 fully saturated rings. The highest BCUT2D eigenvalue weighted by atomic mass is 16.5. The van der Waals surface area contributed by atoms with E-state index in [1.54, 1.807) is 12.1 Å². The van der Waals surface area contributed by atoms with E-state index in [1.807, 2.05) is 0 Å². The molecule has 0 aromatic heterocycles. The Morgan fingerprint density at radius 1 is 1.17 bits per heavy atom. The fraction of sp³-hybridized carbons (Fsp3) is 0.312. The quantitative estimate of drug-likeness (QED) is 0.579. The molecule has 1 aliphatic rings. The van der Waals surface area contributed by atoms with Gasteiger partial charge in [0.15, 0.2) is 0 Å². The Morgan fingerprint density at radius 2 is 1.88 bits per heavy atom. The third-order valence-electron chi connectivity index (χ3n) is 3.46. The highest BCUT2D eigenvalue weighted by Gasteiger charge is 2.33. The maximum Gasteiger partial charge on any atom is 0.355 e. The first kappa shape index (κ1) is 17.5. The number of rotatable bonds is 5. The van der Waals surface area contributed by atoms with Crippen LogP contribution >= 0.6 is 0 Å². The standard InChI is InChI=1S/C16H17NO7/c1-21-13-5-4-10(7-18)6-12(13)17-9-24-8-11(15(19)22-2)14(17)16(20)23-3/h4-7H,8-9H2,1-3H3. The zero-order valence-electron chi connectivity index (χ0n) is 13.5. The van der Waals surface area contributed by atoms with Crippen molar-refractivity contribution in [3.8, 4) is 5.75 Å². The minimum absolute atomic E-state index is 0.0167. The fourth-order valence-electron chi connectivity index (χ4n) is 2.32. The first-order chi connectivity index (χ1) is 11.6. The normalized spacial score (nSPS) is 14.2. The molecular formula is C16H17NO7. The van der Waals surface area contributed by atoms with E-state index in [-0.39, 0.29) is 24.6 Å². The Balaban J connectivity index is 2.64. The monoisotopic (exact) mass is 335 g/mol. The number of aldehydes is 1. The Bertz CT molecular complexity index is 696. The molecule has 8 heteroatoms. The fourth-order valence-corrected chi connectivity index (χ4v) is 2.32. The number of nitrogens with zero attached hydrogens (tertiary/aromatic N) is 1. The average Bonchev–Trinajstić information content (AvgIpc) is 2.65. The van der Waals surface area contributed by atoms with Crippen LogP contribution in [0.2, 0.25) is 0 Å². The van der Waals surface area contributed by atoms with E-state index in [4.69, 9.17) is 18.9 Å². The lowest BCUT2D eigenvalue weighted by atomic mass is 10.1. The number of benzene rings is 1. The van der Waals surface area contributed by atoms with Crippen LogP contribution in [0.5, 0.6) is 5.75 Å². The lowest BCUT2D eigenvalue weighted by molar-refractivity contribution is -0.140. The molecule has 0 spiro atoms. The van der Waals surface area contributed by atoms with Gasteiger partial charge in [0.25, 0.3) is 0 Å². The Morgan fingerprint density at radius 3 is 2.46 bits per heavy atom. The van der Waals surface area contributed by atoms with Crippen LogP contribution < -0.4 is 9.64 Å². The predicted molar refractivity (Wildman–Crippen MR) is 82.7 cm³/mol. The van der Waals surface area contributed by atoms with Crippen LogP contribution in [0.3, 0.4) is 0 Å². The number of methoxy groups -OCH3 is 3. The summed E-state index contributed by atoms with van der Waals surface area (Å²) < 4.78 is 20.1. The number of hydrogen-bond donors (Lipinski definition) is 0. The SMILES string of the molecule is COC(=O)C1=C(C(=O)OC)N(c2cc(C=O)ccc2OC)COC1. The van der Waals surface area contributed by atoms with E-state index < -0.39 is 11.9 Å². The molecule has 0 unspecified atom stereocenters. The van der Waals surface area contributed by atoms with Crippen molar-refractivity contribution in [3.05, 3.63) is 35.0 Å². The molecule has 0 saturated carbocycles. The summed E-state index contributed by atoms with van der Waals surface area (Å²) in [7, 11) is 3.86. The largest absolute Gasteiger partial charge is 0.495 e. The minimum atomic E-state index is -0.725. The summed E-state index contributed by atoms with van der Waals surface area (Å²) in [5.74, 6) is -1.03. The molecular weight excluding hydrogens is 318 g/mol. The van der Waals surface area contributed by atoms with Gasteiger partial charge < -0.3 is 23.8 Å². The van der Waals surface area contributed by atoms with E-state index in [9.17, 15) is 14.4 Å². The third-order valence-corrected chi connectivity index (χ3v) is 3.46. The van der Waals surface area contributed by atoms with Crippen LogP contribution in [0.15, 0.2) is 29.5 Å². The van der Waals surface area contributed by atoms with Crippen LogP contribution in [-0.4, -0.2) is 52.9 Å². The van der Waals surface area contributed by atoms with Gasteiger partial charge in [0.1, 0.15) is 24.5 Å². The molecule has 0 saturated heterocycles. The van der Waals surface area contributed by atoms with Crippen molar-refractivity contribution in [2.24, 2.45) is 0 Å². The van der Waals surface area contributed by atoms with E-state index >= 15 is 0 Å². The molecule has 0 amide bonds. The van der Waals surface area contributed by atoms with E-state index in [0.717, 1.165) is 0 Å². The van der Waals surface area contributed by atoms with Gasteiger partial charge in [-0.15, -0.1) is 0 Å². The Kier molecular flexibility index (Phi) is 5.54. The molecule has 8 nitrogen and oxygen atoms in total. The number of esters is 2. The van der Waals surface area contributed by atoms with Crippen molar-refractivity contribution in [2.45, 2.75) is 0 Å². The lowest BCUT2D eigenvalue weighted by Crippen LogP contribution is -2.39. The predicted octanol–water partition coefficient (Wildman–Crippen LogP) is 0.902. The van der Waals surface area contributed by atoms with Crippen molar-refractivity contribution in [1.29, 1.82) is 0 Å². The summed E-state index contributed by atoms with van der Waals surface area (Å²) in [6.45, 7) is -0.118. The van der Waals surface area contributed by atoms with Gasteiger partial charge in [-0.2, -0.15) is 0 Å². The summed E-state index contributed by atoms with van der Waals surface area (Å²) in [5.41, 5.74) is 0.773.